The van der Waals surface area contributed by atoms with Crippen LogP contribution in [0.5, 0.6) is 0 Å². The van der Waals surface area contributed by atoms with Crippen LogP contribution in [-0.2, 0) is 0 Å². The molecule has 1 saturated heterocycles. The Hall–Kier alpha value is 0.310. The van der Waals surface area contributed by atoms with Gasteiger partial charge < -0.3 is 5.32 Å². The zero-order chi connectivity index (χ0) is 5.82. The van der Waals surface area contributed by atoms with Gasteiger partial charge in [0.1, 0.15) is 0 Å². The molecule has 0 aromatic heterocycles. The first kappa shape index (κ1) is 6.43. The van der Waals surface area contributed by atoms with Gasteiger partial charge in [-0.05, 0) is 32.4 Å². The van der Waals surface area contributed by atoms with Gasteiger partial charge >= 0.3 is 0 Å². The minimum absolute atomic E-state index is 0.657. The molecular weight excluding hydrogens is 118 g/mol. The summed E-state index contributed by atoms with van der Waals surface area (Å²) in [4.78, 5) is 0. The van der Waals surface area contributed by atoms with Crippen molar-refractivity contribution in [3.8, 4) is 0 Å². The maximum absolute atomic E-state index is 4.39. The van der Waals surface area contributed by atoms with Crippen LogP contribution in [0.3, 0.4) is 0 Å². The first-order valence-corrected chi connectivity index (χ1v) is 3.80. The van der Waals surface area contributed by atoms with E-state index in [2.05, 4.69) is 17.9 Å². The van der Waals surface area contributed by atoms with Crippen molar-refractivity contribution < 1.29 is 0 Å². The summed E-state index contributed by atoms with van der Waals surface area (Å²) >= 11 is 4.39. The summed E-state index contributed by atoms with van der Waals surface area (Å²) in [6.45, 7) is 2.35. The van der Waals surface area contributed by atoms with Crippen LogP contribution in [0.15, 0.2) is 0 Å². The van der Waals surface area contributed by atoms with E-state index in [1.165, 1.54) is 25.8 Å². The van der Waals surface area contributed by atoms with Gasteiger partial charge in [0.25, 0.3) is 0 Å². The zero-order valence-electron chi connectivity index (χ0n) is 5.06. The molecule has 1 atom stereocenters. The van der Waals surface area contributed by atoms with E-state index in [0.717, 1.165) is 6.54 Å². The SMILES string of the molecule is SC1CCCNCC1. The molecule has 48 valence electrons. The van der Waals surface area contributed by atoms with Gasteiger partial charge in [0.15, 0.2) is 0 Å². The summed E-state index contributed by atoms with van der Waals surface area (Å²) in [6.07, 6.45) is 3.83. The predicted molar refractivity (Wildman–Crippen MR) is 39.5 cm³/mol. The minimum atomic E-state index is 0.657. The number of rotatable bonds is 0. The highest BCUT2D eigenvalue weighted by atomic mass is 32.1. The van der Waals surface area contributed by atoms with E-state index in [-0.39, 0.29) is 0 Å². The van der Waals surface area contributed by atoms with E-state index < -0.39 is 0 Å². The Morgan fingerprint density at radius 1 is 1.25 bits per heavy atom. The van der Waals surface area contributed by atoms with Crippen molar-refractivity contribution in [2.24, 2.45) is 0 Å². The van der Waals surface area contributed by atoms with Crippen molar-refractivity contribution >= 4 is 12.6 Å². The standard InChI is InChI=1S/C6H13NS/c8-6-2-1-4-7-5-3-6/h6-8H,1-5H2. The minimum Gasteiger partial charge on any atom is -0.317 e. The lowest BCUT2D eigenvalue weighted by Gasteiger charge is -2.01. The van der Waals surface area contributed by atoms with Crippen LogP contribution in [0.25, 0.3) is 0 Å². The molecule has 1 fully saturated rings. The third-order valence-electron chi connectivity index (χ3n) is 1.55. The summed E-state index contributed by atoms with van der Waals surface area (Å²) in [6, 6.07) is 0. The van der Waals surface area contributed by atoms with Crippen LogP contribution in [0, 0.1) is 0 Å². The summed E-state index contributed by atoms with van der Waals surface area (Å²) in [5.41, 5.74) is 0. The van der Waals surface area contributed by atoms with Crippen LogP contribution in [-0.4, -0.2) is 18.3 Å². The molecule has 0 spiro atoms. The summed E-state index contributed by atoms with van der Waals surface area (Å²) in [5, 5.41) is 3.99. The second kappa shape index (κ2) is 3.36. The maximum Gasteiger partial charge on any atom is 0.00293 e. The Kier molecular flexibility index (Phi) is 2.70. The largest absolute Gasteiger partial charge is 0.317 e. The molecule has 1 aliphatic rings. The smallest absolute Gasteiger partial charge is 0.00293 e. The molecule has 0 aromatic rings. The van der Waals surface area contributed by atoms with Gasteiger partial charge in [-0.1, -0.05) is 0 Å². The van der Waals surface area contributed by atoms with E-state index in [1.54, 1.807) is 0 Å². The van der Waals surface area contributed by atoms with Crippen molar-refractivity contribution in [2.75, 3.05) is 13.1 Å². The lowest BCUT2D eigenvalue weighted by atomic mass is 10.2. The first-order valence-electron chi connectivity index (χ1n) is 3.28. The highest BCUT2D eigenvalue weighted by Gasteiger charge is 2.05. The monoisotopic (exact) mass is 131 g/mol. The van der Waals surface area contributed by atoms with Gasteiger partial charge in [-0.2, -0.15) is 12.6 Å². The Bertz CT molecular complexity index is 57.5. The Morgan fingerprint density at radius 2 is 2.12 bits per heavy atom. The highest BCUT2D eigenvalue weighted by molar-refractivity contribution is 7.80. The van der Waals surface area contributed by atoms with Gasteiger partial charge in [0, 0.05) is 5.25 Å². The molecule has 1 aliphatic heterocycles. The lowest BCUT2D eigenvalue weighted by molar-refractivity contribution is 0.703. The molecule has 0 bridgehead atoms. The van der Waals surface area contributed by atoms with Crippen molar-refractivity contribution in [3.63, 3.8) is 0 Å². The number of hydrogen-bond acceptors (Lipinski definition) is 2. The average Bonchev–Trinajstić information content (AvgIpc) is 1.94. The molecule has 0 aliphatic carbocycles. The van der Waals surface area contributed by atoms with Crippen molar-refractivity contribution in [1.29, 1.82) is 0 Å². The second-order valence-electron chi connectivity index (χ2n) is 2.33. The molecule has 1 rings (SSSR count). The van der Waals surface area contributed by atoms with Crippen LogP contribution in [0.1, 0.15) is 19.3 Å². The van der Waals surface area contributed by atoms with Crippen LogP contribution < -0.4 is 5.32 Å². The van der Waals surface area contributed by atoms with E-state index >= 15 is 0 Å². The molecule has 1 heterocycles. The fourth-order valence-corrected chi connectivity index (χ4v) is 1.31. The molecular formula is C6H13NS. The van der Waals surface area contributed by atoms with E-state index in [4.69, 9.17) is 0 Å². The number of nitrogens with one attached hydrogen (secondary N) is 1. The molecule has 1 nitrogen and oxygen atoms in total. The fourth-order valence-electron chi connectivity index (χ4n) is 1.00. The van der Waals surface area contributed by atoms with Crippen molar-refractivity contribution in [1.82, 2.24) is 5.32 Å². The molecule has 8 heavy (non-hydrogen) atoms. The summed E-state index contributed by atoms with van der Waals surface area (Å²) in [5.74, 6) is 0. The fraction of sp³-hybridized carbons (Fsp3) is 1.00. The van der Waals surface area contributed by atoms with Crippen molar-refractivity contribution in [2.45, 2.75) is 24.5 Å². The van der Waals surface area contributed by atoms with Crippen LogP contribution >= 0.6 is 12.6 Å². The maximum atomic E-state index is 4.39. The molecule has 2 heteroatoms. The van der Waals surface area contributed by atoms with Crippen molar-refractivity contribution in [3.05, 3.63) is 0 Å². The van der Waals surface area contributed by atoms with Gasteiger partial charge in [0.2, 0.25) is 0 Å². The molecule has 0 radical (unpaired) electrons. The Morgan fingerprint density at radius 3 is 3.00 bits per heavy atom. The van der Waals surface area contributed by atoms with Gasteiger partial charge in [-0.15, -0.1) is 0 Å². The Labute approximate surface area is 56.3 Å². The third-order valence-corrected chi connectivity index (χ3v) is 2.06. The third kappa shape index (κ3) is 2.05. The molecule has 0 amide bonds. The van der Waals surface area contributed by atoms with Crippen LogP contribution in [0.4, 0.5) is 0 Å². The average molecular weight is 131 g/mol. The zero-order valence-corrected chi connectivity index (χ0v) is 5.95. The lowest BCUT2D eigenvalue weighted by Crippen LogP contribution is -2.13. The molecule has 1 N–H and O–H groups in total. The number of thiol groups is 1. The van der Waals surface area contributed by atoms with Crippen LogP contribution in [0.2, 0.25) is 0 Å². The predicted octanol–water partition coefficient (Wildman–Crippen LogP) is 1.06. The first-order chi connectivity index (χ1) is 3.89. The quantitative estimate of drug-likeness (QED) is 0.468. The van der Waals surface area contributed by atoms with E-state index in [0.29, 0.717) is 5.25 Å². The summed E-state index contributed by atoms with van der Waals surface area (Å²) in [7, 11) is 0. The van der Waals surface area contributed by atoms with Gasteiger partial charge in [0.05, 0.1) is 0 Å². The topological polar surface area (TPSA) is 12.0 Å². The van der Waals surface area contributed by atoms with E-state index in [9.17, 15) is 0 Å². The Balaban J connectivity index is 2.17. The summed E-state index contributed by atoms with van der Waals surface area (Å²) < 4.78 is 0. The number of hydrogen-bond donors (Lipinski definition) is 2. The molecule has 0 saturated carbocycles. The molecule has 1 unspecified atom stereocenters. The highest BCUT2D eigenvalue weighted by Crippen LogP contribution is 2.10. The van der Waals surface area contributed by atoms with Gasteiger partial charge in [-0.3, -0.25) is 0 Å². The normalized spacial score (nSPS) is 31.9. The van der Waals surface area contributed by atoms with Gasteiger partial charge in [-0.25, -0.2) is 0 Å². The molecule has 0 aromatic carbocycles. The second-order valence-corrected chi connectivity index (χ2v) is 3.07. The van der Waals surface area contributed by atoms with E-state index in [1.807, 2.05) is 0 Å².